The third-order valence-corrected chi connectivity index (χ3v) is 5.58. The Labute approximate surface area is 160 Å². The second kappa shape index (κ2) is 8.39. The van der Waals surface area contributed by atoms with E-state index in [1.54, 1.807) is 13.3 Å². The highest BCUT2D eigenvalue weighted by molar-refractivity contribution is 5.74. The van der Waals surface area contributed by atoms with Gasteiger partial charge in [0.25, 0.3) is 0 Å². The highest BCUT2D eigenvalue weighted by Crippen LogP contribution is 2.33. The van der Waals surface area contributed by atoms with Crippen LogP contribution in [-0.4, -0.2) is 73.4 Å². The van der Waals surface area contributed by atoms with Crippen molar-refractivity contribution in [1.82, 2.24) is 20.2 Å². The molecular formula is C19H29N5O3. The molecular weight excluding hydrogens is 346 g/mol. The fraction of sp³-hybridized carbons (Fsp3) is 0.737. The van der Waals surface area contributed by atoms with Crippen molar-refractivity contribution < 1.29 is 14.3 Å². The van der Waals surface area contributed by atoms with Crippen molar-refractivity contribution in [3.8, 4) is 0 Å². The van der Waals surface area contributed by atoms with Crippen molar-refractivity contribution in [2.24, 2.45) is 5.92 Å². The zero-order valence-electron chi connectivity index (χ0n) is 16.0. The minimum Gasteiger partial charge on any atom is -0.383 e. The van der Waals surface area contributed by atoms with E-state index >= 15 is 0 Å². The number of anilines is 1. The number of methoxy groups -OCH3 is 1. The van der Waals surface area contributed by atoms with Crippen LogP contribution in [0.2, 0.25) is 0 Å². The van der Waals surface area contributed by atoms with Crippen LogP contribution in [0.25, 0.3) is 0 Å². The van der Waals surface area contributed by atoms with Gasteiger partial charge in [0.05, 0.1) is 31.5 Å². The number of carbonyl (C=O) groups excluding carboxylic acids is 1. The summed E-state index contributed by atoms with van der Waals surface area (Å²) in [7, 11) is 1.68. The fourth-order valence-corrected chi connectivity index (χ4v) is 3.85. The Morgan fingerprint density at radius 2 is 2.19 bits per heavy atom. The predicted octanol–water partition coefficient (Wildman–Crippen LogP) is 1.58. The molecule has 8 heteroatoms. The van der Waals surface area contributed by atoms with E-state index < -0.39 is 0 Å². The Morgan fingerprint density at radius 1 is 1.37 bits per heavy atom. The average molecular weight is 375 g/mol. The lowest BCUT2D eigenvalue weighted by Crippen LogP contribution is -2.51. The Kier molecular flexibility index (Phi) is 5.73. The first-order chi connectivity index (χ1) is 13.2. The van der Waals surface area contributed by atoms with Crippen molar-refractivity contribution >= 4 is 12.0 Å². The summed E-state index contributed by atoms with van der Waals surface area (Å²) >= 11 is 0. The summed E-state index contributed by atoms with van der Waals surface area (Å²) in [6.45, 7) is 4.19. The number of aromatic nitrogens is 2. The van der Waals surface area contributed by atoms with Crippen LogP contribution in [-0.2, 0) is 9.47 Å². The van der Waals surface area contributed by atoms with Crippen LogP contribution in [0.5, 0.6) is 0 Å². The maximum absolute atomic E-state index is 12.7. The Morgan fingerprint density at radius 3 is 2.93 bits per heavy atom. The summed E-state index contributed by atoms with van der Waals surface area (Å²) in [5.41, 5.74) is 0.847. The number of urea groups is 1. The molecule has 0 unspecified atom stereocenters. The first-order valence-electron chi connectivity index (χ1n) is 9.98. The van der Waals surface area contributed by atoms with Gasteiger partial charge in [0.2, 0.25) is 5.95 Å². The molecule has 2 atom stereocenters. The molecule has 4 rings (SSSR count). The number of ether oxygens (including phenoxy) is 2. The second-order valence-corrected chi connectivity index (χ2v) is 7.63. The van der Waals surface area contributed by atoms with Crippen molar-refractivity contribution in [2.75, 3.05) is 51.4 Å². The second-order valence-electron chi connectivity index (χ2n) is 7.63. The maximum atomic E-state index is 12.7. The van der Waals surface area contributed by atoms with E-state index in [1.807, 2.05) is 11.0 Å². The molecule has 1 aromatic rings. The molecule has 0 bridgehead atoms. The predicted molar refractivity (Wildman–Crippen MR) is 101 cm³/mol. The van der Waals surface area contributed by atoms with Crippen molar-refractivity contribution in [3.05, 3.63) is 18.0 Å². The monoisotopic (exact) mass is 375 g/mol. The zero-order chi connectivity index (χ0) is 18.6. The highest BCUT2D eigenvalue weighted by Gasteiger charge is 2.34. The molecule has 1 saturated carbocycles. The van der Waals surface area contributed by atoms with Crippen molar-refractivity contribution in [2.45, 2.75) is 37.8 Å². The minimum atomic E-state index is -0.212. The number of nitrogens with one attached hydrogen (secondary N) is 1. The van der Waals surface area contributed by atoms with E-state index in [9.17, 15) is 4.79 Å². The van der Waals surface area contributed by atoms with Gasteiger partial charge in [-0.25, -0.2) is 14.8 Å². The summed E-state index contributed by atoms with van der Waals surface area (Å²) in [6.07, 6.45) is 6.28. The lowest BCUT2D eigenvalue weighted by Gasteiger charge is -2.34. The van der Waals surface area contributed by atoms with Crippen LogP contribution < -0.4 is 10.2 Å². The minimum absolute atomic E-state index is 0.0360. The van der Waals surface area contributed by atoms with Crippen LogP contribution in [0.15, 0.2) is 12.3 Å². The van der Waals surface area contributed by atoms with Gasteiger partial charge in [-0.2, -0.15) is 0 Å². The van der Waals surface area contributed by atoms with Gasteiger partial charge >= 0.3 is 6.03 Å². The number of hydrogen-bond acceptors (Lipinski definition) is 6. The van der Waals surface area contributed by atoms with Gasteiger partial charge in [-0.15, -0.1) is 0 Å². The maximum Gasteiger partial charge on any atom is 0.317 e. The number of hydrogen-bond donors (Lipinski definition) is 1. The summed E-state index contributed by atoms with van der Waals surface area (Å²) in [4.78, 5) is 25.9. The summed E-state index contributed by atoms with van der Waals surface area (Å²) < 4.78 is 11.2. The summed E-state index contributed by atoms with van der Waals surface area (Å²) in [5.74, 6) is 1.32. The van der Waals surface area contributed by atoms with Crippen LogP contribution in [0, 0.1) is 5.92 Å². The van der Waals surface area contributed by atoms with Gasteiger partial charge < -0.3 is 24.6 Å². The number of nitrogens with zero attached hydrogens (tertiary/aromatic N) is 4. The molecule has 2 amide bonds. The molecule has 1 aliphatic carbocycles. The van der Waals surface area contributed by atoms with Gasteiger partial charge in [-0.3, -0.25) is 0 Å². The molecule has 0 aromatic carbocycles. The van der Waals surface area contributed by atoms with Crippen LogP contribution in [0.3, 0.4) is 0 Å². The topological polar surface area (TPSA) is 79.8 Å². The van der Waals surface area contributed by atoms with Gasteiger partial charge in [-0.1, -0.05) is 0 Å². The van der Waals surface area contributed by atoms with Gasteiger partial charge in [0, 0.05) is 32.9 Å². The van der Waals surface area contributed by atoms with E-state index in [0.717, 1.165) is 24.7 Å². The molecule has 1 aromatic heterocycles. The zero-order valence-corrected chi connectivity index (χ0v) is 16.0. The Hall–Kier alpha value is -1.93. The van der Waals surface area contributed by atoms with Gasteiger partial charge in [0.1, 0.15) is 6.10 Å². The molecule has 0 spiro atoms. The molecule has 148 valence electrons. The largest absolute Gasteiger partial charge is 0.383 e. The van der Waals surface area contributed by atoms with E-state index in [1.165, 1.54) is 25.7 Å². The van der Waals surface area contributed by atoms with Crippen molar-refractivity contribution in [1.29, 1.82) is 0 Å². The van der Waals surface area contributed by atoms with Crippen LogP contribution in [0.4, 0.5) is 10.7 Å². The number of rotatable bonds is 6. The number of amides is 2. The lowest BCUT2D eigenvalue weighted by atomic mass is 10.2. The third-order valence-electron chi connectivity index (χ3n) is 5.58. The highest BCUT2D eigenvalue weighted by atomic mass is 16.5. The summed E-state index contributed by atoms with van der Waals surface area (Å²) in [6, 6.07) is 1.96. The lowest BCUT2D eigenvalue weighted by molar-refractivity contribution is -0.0184. The van der Waals surface area contributed by atoms with E-state index in [2.05, 4.69) is 15.2 Å². The van der Waals surface area contributed by atoms with E-state index in [-0.39, 0.29) is 18.2 Å². The van der Waals surface area contributed by atoms with Crippen LogP contribution >= 0.6 is 0 Å². The first kappa shape index (κ1) is 18.4. The average Bonchev–Trinajstić information content (AvgIpc) is 3.41. The molecule has 2 saturated heterocycles. The Balaban J connectivity index is 1.38. The Bertz CT molecular complexity index is 648. The van der Waals surface area contributed by atoms with Crippen LogP contribution in [0.1, 0.15) is 37.5 Å². The fourth-order valence-electron chi connectivity index (χ4n) is 3.85. The number of morpholine rings is 1. The molecule has 8 nitrogen and oxygen atoms in total. The molecule has 3 fully saturated rings. The van der Waals surface area contributed by atoms with E-state index in [0.29, 0.717) is 32.2 Å². The van der Waals surface area contributed by atoms with Crippen molar-refractivity contribution in [3.63, 3.8) is 0 Å². The normalized spacial score (nSPS) is 24.1. The molecule has 27 heavy (non-hydrogen) atoms. The molecule has 2 aliphatic heterocycles. The van der Waals surface area contributed by atoms with Gasteiger partial charge in [-0.05, 0) is 37.7 Å². The van der Waals surface area contributed by atoms with Gasteiger partial charge in [0.15, 0.2) is 0 Å². The SMILES string of the molecule is COC[C@H](NC(=O)N1CCO[C@@H](c2ccnc(N3CCCC3)n2)C1)C1CC1. The standard InChI is InChI=1S/C19H29N5O3/c1-26-13-16(14-4-5-14)22-19(25)24-10-11-27-17(12-24)15-6-7-20-18(21-15)23-8-2-3-9-23/h6-7,14,16-17H,2-5,8-13H2,1H3,(H,22,25)/t16-,17+/m0/s1. The third kappa shape index (κ3) is 4.50. The smallest absolute Gasteiger partial charge is 0.317 e. The molecule has 1 N–H and O–H groups in total. The summed E-state index contributed by atoms with van der Waals surface area (Å²) in [5, 5.41) is 3.14. The van der Waals surface area contributed by atoms with E-state index in [4.69, 9.17) is 14.5 Å². The first-order valence-corrected chi connectivity index (χ1v) is 9.98. The number of carbonyl (C=O) groups is 1. The quantitative estimate of drug-likeness (QED) is 0.813. The molecule has 0 radical (unpaired) electrons. The molecule has 3 heterocycles. The molecule has 3 aliphatic rings.